The number of hydrogen-bond acceptors (Lipinski definition) is 6. The minimum atomic E-state index is 0.526. The van der Waals surface area contributed by atoms with Crippen LogP contribution in [0.25, 0.3) is 17.1 Å². The first kappa shape index (κ1) is 20.5. The van der Waals surface area contributed by atoms with Gasteiger partial charge in [0.2, 0.25) is 5.95 Å². The van der Waals surface area contributed by atoms with E-state index in [0.29, 0.717) is 16.8 Å². The van der Waals surface area contributed by atoms with Crippen LogP contribution in [-0.4, -0.2) is 57.9 Å². The summed E-state index contributed by atoms with van der Waals surface area (Å²) >= 11 is 5.98. The molecule has 0 unspecified atom stereocenters. The summed E-state index contributed by atoms with van der Waals surface area (Å²) in [6.45, 7) is 4.29. The van der Waals surface area contributed by atoms with Crippen LogP contribution < -0.4 is 10.2 Å². The second kappa shape index (κ2) is 8.98. The number of rotatable bonds is 5. The third kappa shape index (κ3) is 4.59. The molecule has 1 aliphatic rings. The number of hydrogen-bond donors (Lipinski definition) is 1. The summed E-state index contributed by atoms with van der Waals surface area (Å²) in [5.41, 5.74) is 4.04. The van der Waals surface area contributed by atoms with Gasteiger partial charge in [0.1, 0.15) is 0 Å². The molecule has 4 aromatic rings. The highest BCUT2D eigenvalue weighted by atomic mass is 35.5. The van der Waals surface area contributed by atoms with Gasteiger partial charge in [-0.25, -0.2) is 9.67 Å². The largest absolute Gasteiger partial charge is 0.369 e. The first-order valence-corrected chi connectivity index (χ1v) is 11.0. The van der Waals surface area contributed by atoms with Crippen LogP contribution in [0.1, 0.15) is 0 Å². The van der Waals surface area contributed by atoms with Gasteiger partial charge in [0.05, 0.1) is 5.69 Å². The molecule has 5 rings (SSSR count). The number of anilines is 3. The van der Waals surface area contributed by atoms with E-state index in [1.54, 1.807) is 10.9 Å². The molecule has 8 heteroatoms. The molecule has 7 nitrogen and oxygen atoms in total. The molecule has 0 saturated carbocycles. The summed E-state index contributed by atoms with van der Waals surface area (Å²) in [5, 5.41) is 8.64. The Morgan fingerprint density at radius 3 is 2.38 bits per heavy atom. The molecular formula is C24H24ClN7. The maximum atomic E-state index is 5.98. The van der Waals surface area contributed by atoms with Crippen LogP contribution in [0, 0.1) is 0 Å². The first-order chi connectivity index (χ1) is 15.6. The standard InChI is InChI=1S/C24H24ClN7/c1-30-14-16-31(17-15-30)21-8-6-20(7-9-21)27-24-26-12-10-23(28-24)32-13-11-22(29-32)18-2-4-19(25)5-3-18/h2-13H,14-17H2,1H3,(H,26,27,28). The zero-order chi connectivity index (χ0) is 21.9. The Hall–Kier alpha value is -3.42. The van der Waals surface area contributed by atoms with Crippen LogP contribution in [0.5, 0.6) is 0 Å². The lowest BCUT2D eigenvalue weighted by Gasteiger charge is -2.34. The van der Waals surface area contributed by atoms with Crippen LogP contribution in [0.15, 0.2) is 73.1 Å². The van der Waals surface area contributed by atoms with E-state index in [0.717, 1.165) is 43.1 Å². The second-order valence-corrected chi connectivity index (χ2v) is 8.29. The smallest absolute Gasteiger partial charge is 0.229 e. The van der Waals surface area contributed by atoms with Crippen molar-refractivity contribution in [2.24, 2.45) is 0 Å². The average molecular weight is 446 g/mol. The first-order valence-electron chi connectivity index (χ1n) is 10.6. The van der Waals surface area contributed by atoms with Crippen molar-refractivity contribution in [3.05, 3.63) is 78.1 Å². The quantitative estimate of drug-likeness (QED) is 0.488. The summed E-state index contributed by atoms with van der Waals surface area (Å²) in [7, 11) is 2.17. The molecule has 0 amide bonds. The number of nitrogens with one attached hydrogen (secondary N) is 1. The molecule has 1 saturated heterocycles. The van der Waals surface area contributed by atoms with Crippen LogP contribution in [0.3, 0.4) is 0 Å². The molecular weight excluding hydrogens is 422 g/mol. The van der Waals surface area contributed by atoms with Crippen molar-refractivity contribution in [1.82, 2.24) is 24.6 Å². The van der Waals surface area contributed by atoms with E-state index in [1.165, 1.54) is 5.69 Å². The monoisotopic (exact) mass is 445 g/mol. The number of benzene rings is 2. The summed E-state index contributed by atoms with van der Waals surface area (Å²) in [4.78, 5) is 13.8. The maximum Gasteiger partial charge on any atom is 0.229 e. The van der Waals surface area contributed by atoms with Gasteiger partial charge in [0, 0.05) is 66.6 Å². The molecule has 32 heavy (non-hydrogen) atoms. The van der Waals surface area contributed by atoms with E-state index < -0.39 is 0 Å². The van der Waals surface area contributed by atoms with Gasteiger partial charge in [0.25, 0.3) is 0 Å². The average Bonchev–Trinajstić information content (AvgIpc) is 3.31. The molecule has 1 aliphatic heterocycles. The Balaban J connectivity index is 1.29. The van der Waals surface area contributed by atoms with E-state index in [1.807, 2.05) is 42.6 Å². The number of aromatic nitrogens is 4. The molecule has 0 spiro atoms. The second-order valence-electron chi connectivity index (χ2n) is 7.85. The highest BCUT2D eigenvalue weighted by molar-refractivity contribution is 6.30. The molecule has 1 fully saturated rings. The molecule has 0 radical (unpaired) electrons. The fourth-order valence-corrected chi connectivity index (χ4v) is 3.84. The molecule has 0 bridgehead atoms. The van der Waals surface area contributed by atoms with Crippen molar-refractivity contribution < 1.29 is 0 Å². The van der Waals surface area contributed by atoms with E-state index in [4.69, 9.17) is 11.6 Å². The van der Waals surface area contributed by atoms with Gasteiger partial charge in [-0.05, 0) is 49.5 Å². The summed E-state index contributed by atoms with van der Waals surface area (Å²) in [6, 6.07) is 19.8. The van der Waals surface area contributed by atoms with Gasteiger partial charge < -0.3 is 15.1 Å². The normalized spacial score (nSPS) is 14.5. The molecule has 0 aliphatic carbocycles. The summed E-state index contributed by atoms with van der Waals surface area (Å²) in [5.74, 6) is 1.22. The van der Waals surface area contributed by atoms with Gasteiger partial charge >= 0.3 is 0 Å². The fourth-order valence-electron chi connectivity index (χ4n) is 3.71. The Bertz CT molecular complexity index is 1180. The molecule has 1 N–H and O–H groups in total. The Morgan fingerprint density at radius 1 is 0.875 bits per heavy atom. The topological polar surface area (TPSA) is 62.1 Å². The third-order valence-electron chi connectivity index (χ3n) is 5.60. The highest BCUT2D eigenvalue weighted by Crippen LogP contribution is 2.22. The third-order valence-corrected chi connectivity index (χ3v) is 5.85. The molecule has 2 aromatic carbocycles. The van der Waals surface area contributed by atoms with Gasteiger partial charge in [-0.15, -0.1) is 0 Å². The molecule has 162 valence electrons. The van der Waals surface area contributed by atoms with E-state index in [2.05, 4.69) is 61.5 Å². The maximum absolute atomic E-state index is 5.98. The van der Waals surface area contributed by atoms with Crippen molar-refractivity contribution in [2.75, 3.05) is 43.4 Å². The lowest BCUT2D eigenvalue weighted by Crippen LogP contribution is -2.44. The minimum absolute atomic E-state index is 0.526. The van der Waals surface area contributed by atoms with Crippen molar-refractivity contribution >= 4 is 28.9 Å². The SMILES string of the molecule is CN1CCN(c2ccc(Nc3nccc(-n4ccc(-c5ccc(Cl)cc5)n4)n3)cc2)CC1. The Morgan fingerprint density at radius 2 is 1.62 bits per heavy atom. The van der Waals surface area contributed by atoms with Gasteiger partial charge in [-0.1, -0.05) is 23.7 Å². The zero-order valence-corrected chi connectivity index (χ0v) is 18.6. The number of halogens is 1. The highest BCUT2D eigenvalue weighted by Gasteiger charge is 2.14. The Labute approximate surface area is 192 Å². The van der Waals surface area contributed by atoms with Crippen LogP contribution in [0.4, 0.5) is 17.3 Å². The summed E-state index contributed by atoms with van der Waals surface area (Å²) in [6.07, 6.45) is 3.62. The Kier molecular flexibility index (Phi) is 5.75. The molecule has 0 atom stereocenters. The lowest BCUT2D eigenvalue weighted by molar-refractivity contribution is 0.313. The van der Waals surface area contributed by atoms with Gasteiger partial charge in [0.15, 0.2) is 5.82 Å². The lowest BCUT2D eigenvalue weighted by atomic mass is 10.2. The predicted molar refractivity (Wildman–Crippen MR) is 129 cm³/mol. The van der Waals surface area contributed by atoms with Crippen molar-refractivity contribution in [3.63, 3.8) is 0 Å². The molecule has 2 aromatic heterocycles. The zero-order valence-electron chi connectivity index (χ0n) is 17.8. The van der Waals surface area contributed by atoms with E-state index in [-0.39, 0.29) is 0 Å². The van der Waals surface area contributed by atoms with Crippen LogP contribution >= 0.6 is 11.6 Å². The number of likely N-dealkylation sites (N-methyl/N-ethyl adjacent to an activating group) is 1. The van der Waals surface area contributed by atoms with E-state index in [9.17, 15) is 0 Å². The summed E-state index contributed by atoms with van der Waals surface area (Å²) < 4.78 is 1.74. The predicted octanol–water partition coefficient (Wildman–Crippen LogP) is 4.48. The van der Waals surface area contributed by atoms with Crippen molar-refractivity contribution in [1.29, 1.82) is 0 Å². The van der Waals surface area contributed by atoms with Crippen LogP contribution in [0.2, 0.25) is 5.02 Å². The number of piperazine rings is 1. The minimum Gasteiger partial charge on any atom is -0.369 e. The fraction of sp³-hybridized carbons (Fsp3) is 0.208. The van der Waals surface area contributed by atoms with Crippen molar-refractivity contribution in [2.45, 2.75) is 0 Å². The van der Waals surface area contributed by atoms with E-state index >= 15 is 0 Å². The number of nitrogens with zero attached hydrogens (tertiary/aromatic N) is 6. The van der Waals surface area contributed by atoms with Crippen LogP contribution in [-0.2, 0) is 0 Å². The van der Waals surface area contributed by atoms with Gasteiger partial charge in [-0.3, -0.25) is 0 Å². The van der Waals surface area contributed by atoms with Gasteiger partial charge in [-0.2, -0.15) is 10.1 Å². The van der Waals surface area contributed by atoms with Crippen molar-refractivity contribution in [3.8, 4) is 17.1 Å². The molecule has 3 heterocycles.